The second-order valence-corrected chi connectivity index (χ2v) is 6.41. The molecular weight excluding hydrogens is 364 g/mol. The SMILES string of the molecule is CO[C@H]1O[C@@H](C)[C@H](OC(=O)c2ccccc2)[C@@H](OC(=O)c2ccccc2)[C@H]1O. The van der Waals surface area contributed by atoms with Crippen molar-refractivity contribution in [3.05, 3.63) is 71.8 Å². The molecule has 7 nitrogen and oxygen atoms in total. The number of esters is 2. The van der Waals surface area contributed by atoms with Crippen molar-refractivity contribution in [2.24, 2.45) is 0 Å². The molecule has 1 saturated heterocycles. The Balaban J connectivity index is 1.82. The topological polar surface area (TPSA) is 91.3 Å². The van der Waals surface area contributed by atoms with Crippen molar-refractivity contribution in [2.75, 3.05) is 7.11 Å². The minimum Gasteiger partial charge on any atom is -0.452 e. The highest BCUT2D eigenvalue weighted by atomic mass is 16.7. The van der Waals surface area contributed by atoms with E-state index in [0.717, 1.165) is 0 Å². The quantitative estimate of drug-likeness (QED) is 0.788. The van der Waals surface area contributed by atoms with Crippen molar-refractivity contribution in [2.45, 2.75) is 37.6 Å². The van der Waals surface area contributed by atoms with E-state index in [0.29, 0.717) is 11.1 Å². The standard InChI is InChI=1S/C21H22O7/c1-13-17(27-19(23)14-9-5-3-6-10-14)18(16(22)21(25-2)26-13)28-20(24)15-11-7-4-8-12-15/h3-13,16-18,21-22H,1-2H3/t13-,16+,17-,18-,21-/m0/s1. The van der Waals surface area contributed by atoms with Crippen LogP contribution in [0.4, 0.5) is 0 Å². The van der Waals surface area contributed by atoms with Gasteiger partial charge in [-0.05, 0) is 31.2 Å². The smallest absolute Gasteiger partial charge is 0.338 e. The van der Waals surface area contributed by atoms with E-state index in [1.54, 1.807) is 67.6 Å². The molecule has 2 aromatic rings. The molecule has 1 fully saturated rings. The van der Waals surface area contributed by atoms with E-state index in [1.165, 1.54) is 7.11 Å². The van der Waals surface area contributed by atoms with Crippen LogP contribution in [0.1, 0.15) is 27.6 Å². The van der Waals surface area contributed by atoms with Crippen LogP contribution in [-0.2, 0) is 18.9 Å². The van der Waals surface area contributed by atoms with Crippen LogP contribution in [0.2, 0.25) is 0 Å². The maximum absolute atomic E-state index is 12.5. The number of carbonyl (C=O) groups excluding carboxylic acids is 2. The van der Waals surface area contributed by atoms with Gasteiger partial charge in [0.15, 0.2) is 18.5 Å². The molecule has 0 saturated carbocycles. The summed E-state index contributed by atoms with van der Waals surface area (Å²) in [7, 11) is 1.37. The summed E-state index contributed by atoms with van der Waals surface area (Å²) >= 11 is 0. The summed E-state index contributed by atoms with van der Waals surface area (Å²) in [6.07, 6.45) is -5.19. The molecule has 1 heterocycles. The van der Waals surface area contributed by atoms with E-state index in [9.17, 15) is 14.7 Å². The molecule has 1 aliphatic heterocycles. The lowest BCUT2D eigenvalue weighted by Gasteiger charge is -2.41. The Hall–Kier alpha value is -2.74. The van der Waals surface area contributed by atoms with E-state index in [2.05, 4.69) is 0 Å². The molecule has 0 aliphatic carbocycles. The molecule has 0 spiro atoms. The Kier molecular flexibility index (Phi) is 6.41. The number of aliphatic hydroxyl groups excluding tert-OH is 1. The average molecular weight is 386 g/mol. The Morgan fingerprint density at radius 2 is 1.32 bits per heavy atom. The second-order valence-electron chi connectivity index (χ2n) is 6.41. The predicted octanol–water partition coefficient (Wildman–Crippen LogP) is 2.19. The zero-order valence-electron chi connectivity index (χ0n) is 15.6. The first-order chi connectivity index (χ1) is 13.5. The van der Waals surface area contributed by atoms with E-state index in [-0.39, 0.29) is 0 Å². The van der Waals surface area contributed by atoms with E-state index < -0.39 is 42.6 Å². The molecule has 3 rings (SSSR count). The molecule has 7 heteroatoms. The van der Waals surface area contributed by atoms with Crippen LogP contribution in [0, 0.1) is 0 Å². The van der Waals surface area contributed by atoms with E-state index in [1.807, 2.05) is 0 Å². The van der Waals surface area contributed by atoms with Gasteiger partial charge in [-0.25, -0.2) is 9.59 Å². The van der Waals surface area contributed by atoms with Crippen LogP contribution < -0.4 is 0 Å². The van der Waals surface area contributed by atoms with Gasteiger partial charge in [0, 0.05) is 7.11 Å². The zero-order chi connectivity index (χ0) is 20.1. The molecule has 148 valence electrons. The molecule has 1 N–H and O–H groups in total. The normalized spacial score (nSPS) is 27.0. The Bertz CT molecular complexity index is 793. The maximum Gasteiger partial charge on any atom is 0.338 e. The molecule has 0 bridgehead atoms. The van der Waals surface area contributed by atoms with Crippen molar-refractivity contribution < 1.29 is 33.6 Å². The Labute approximate surface area is 162 Å². The lowest BCUT2D eigenvalue weighted by Crippen LogP contribution is -2.59. The van der Waals surface area contributed by atoms with Crippen LogP contribution in [0.5, 0.6) is 0 Å². The summed E-state index contributed by atoms with van der Waals surface area (Å²) in [6, 6.07) is 16.8. The van der Waals surface area contributed by atoms with Crippen LogP contribution in [-0.4, -0.2) is 54.9 Å². The van der Waals surface area contributed by atoms with Gasteiger partial charge < -0.3 is 24.1 Å². The molecule has 0 unspecified atom stereocenters. The number of aliphatic hydroxyl groups is 1. The van der Waals surface area contributed by atoms with Gasteiger partial charge in [0.2, 0.25) is 0 Å². The van der Waals surface area contributed by atoms with Gasteiger partial charge in [-0.2, -0.15) is 0 Å². The van der Waals surface area contributed by atoms with Crippen molar-refractivity contribution >= 4 is 11.9 Å². The molecular formula is C21H22O7. The lowest BCUT2D eigenvalue weighted by molar-refractivity contribution is -0.284. The first-order valence-corrected chi connectivity index (χ1v) is 8.89. The van der Waals surface area contributed by atoms with Crippen LogP contribution in [0.3, 0.4) is 0 Å². The first-order valence-electron chi connectivity index (χ1n) is 8.89. The number of carbonyl (C=O) groups is 2. The van der Waals surface area contributed by atoms with Crippen molar-refractivity contribution in [1.29, 1.82) is 0 Å². The highest BCUT2D eigenvalue weighted by Gasteiger charge is 2.48. The summed E-state index contributed by atoms with van der Waals surface area (Å²) in [4.78, 5) is 25.0. The Morgan fingerprint density at radius 1 is 0.857 bits per heavy atom. The lowest BCUT2D eigenvalue weighted by atomic mass is 9.99. The molecule has 2 aromatic carbocycles. The van der Waals surface area contributed by atoms with E-state index in [4.69, 9.17) is 18.9 Å². The fourth-order valence-corrected chi connectivity index (χ4v) is 3.01. The fraction of sp³-hybridized carbons (Fsp3) is 0.333. The first kappa shape index (κ1) is 20.0. The van der Waals surface area contributed by atoms with Gasteiger partial charge in [0.25, 0.3) is 0 Å². The summed E-state index contributed by atoms with van der Waals surface area (Å²) in [6.45, 7) is 1.66. The largest absolute Gasteiger partial charge is 0.452 e. The molecule has 0 aromatic heterocycles. The number of methoxy groups -OCH3 is 1. The third-order valence-electron chi connectivity index (χ3n) is 4.49. The zero-order valence-corrected chi connectivity index (χ0v) is 15.6. The van der Waals surface area contributed by atoms with Gasteiger partial charge in [0.05, 0.1) is 17.2 Å². The molecule has 0 amide bonds. The molecule has 1 aliphatic rings. The van der Waals surface area contributed by atoms with Crippen molar-refractivity contribution in [3.8, 4) is 0 Å². The minimum absolute atomic E-state index is 0.316. The Morgan fingerprint density at radius 3 is 1.79 bits per heavy atom. The maximum atomic E-state index is 12.5. The summed E-state index contributed by atoms with van der Waals surface area (Å²) in [5.74, 6) is -1.25. The predicted molar refractivity (Wildman–Crippen MR) is 98.6 cm³/mol. The average Bonchev–Trinajstić information content (AvgIpc) is 2.73. The number of hydrogen-bond donors (Lipinski definition) is 1. The molecule has 0 radical (unpaired) electrons. The van der Waals surface area contributed by atoms with Gasteiger partial charge in [-0.1, -0.05) is 36.4 Å². The third kappa shape index (κ3) is 4.39. The van der Waals surface area contributed by atoms with Crippen molar-refractivity contribution in [1.82, 2.24) is 0 Å². The van der Waals surface area contributed by atoms with Gasteiger partial charge in [-0.15, -0.1) is 0 Å². The minimum atomic E-state index is -1.33. The second kappa shape index (κ2) is 8.97. The number of hydrogen-bond acceptors (Lipinski definition) is 7. The highest BCUT2D eigenvalue weighted by molar-refractivity contribution is 5.90. The van der Waals surface area contributed by atoms with E-state index >= 15 is 0 Å². The molecule has 5 atom stereocenters. The number of ether oxygens (including phenoxy) is 4. The highest BCUT2D eigenvalue weighted by Crippen LogP contribution is 2.27. The van der Waals surface area contributed by atoms with Crippen molar-refractivity contribution in [3.63, 3.8) is 0 Å². The number of rotatable bonds is 5. The summed E-state index contributed by atoms with van der Waals surface area (Å²) < 4.78 is 21.8. The molecule has 28 heavy (non-hydrogen) atoms. The fourth-order valence-electron chi connectivity index (χ4n) is 3.01. The van der Waals surface area contributed by atoms with Gasteiger partial charge >= 0.3 is 11.9 Å². The van der Waals surface area contributed by atoms with Gasteiger partial charge in [-0.3, -0.25) is 0 Å². The summed E-state index contributed by atoms with van der Waals surface area (Å²) in [5, 5.41) is 10.6. The van der Waals surface area contributed by atoms with Crippen LogP contribution >= 0.6 is 0 Å². The summed E-state index contributed by atoms with van der Waals surface area (Å²) in [5.41, 5.74) is 0.655. The number of benzene rings is 2. The third-order valence-corrected chi connectivity index (χ3v) is 4.49. The monoisotopic (exact) mass is 386 g/mol. The van der Waals surface area contributed by atoms with Gasteiger partial charge in [0.1, 0.15) is 6.10 Å². The van der Waals surface area contributed by atoms with Crippen LogP contribution in [0.25, 0.3) is 0 Å². The van der Waals surface area contributed by atoms with Crippen LogP contribution in [0.15, 0.2) is 60.7 Å².